The molecule has 0 amide bonds. The first-order valence-corrected chi connectivity index (χ1v) is 5.56. The fourth-order valence-electron chi connectivity index (χ4n) is 2.25. The van der Waals surface area contributed by atoms with Crippen LogP contribution in [-0.4, -0.2) is 0 Å². The molecule has 0 spiro atoms. The summed E-state index contributed by atoms with van der Waals surface area (Å²) in [6.07, 6.45) is 0. The second-order valence-electron chi connectivity index (χ2n) is 4.21. The van der Waals surface area contributed by atoms with E-state index in [9.17, 15) is 0 Å². The van der Waals surface area contributed by atoms with Gasteiger partial charge in [-0.25, -0.2) is 0 Å². The van der Waals surface area contributed by atoms with Crippen LogP contribution in [0.3, 0.4) is 0 Å². The Kier molecular flexibility index (Phi) is 7.74. The zero-order chi connectivity index (χ0) is 11.0. The van der Waals surface area contributed by atoms with Gasteiger partial charge in [-0.2, -0.15) is 6.07 Å². The van der Waals surface area contributed by atoms with E-state index in [-0.39, 0.29) is 51.0 Å². The molecule has 0 heterocycles. The predicted octanol–water partition coefficient (Wildman–Crippen LogP) is -1.46. The molecule has 3 aromatic carbocycles. The van der Waals surface area contributed by atoms with E-state index < -0.39 is 0 Å². The van der Waals surface area contributed by atoms with Crippen molar-refractivity contribution in [1.82, 2.24) is 0 Å². The Morgan fingerprint density at radius 3 is 2.21 bits per heavy atom. The minimum absolute atomic E-state index is 0. The van der Waals surface area contributed by atoms with Gasteiger partial charge in [-0.3, -0.25) is 0 Å². The van der Waals surface area contributed by atoms with Gasteiger partial charge in [-0.15, -0.1) is 34.5 Å². The number of aryl methyl sites for hydroxylation is 1. The van der Waals surface area contributed by atoms with Crippen LogP contribution in [0.15, 0.2) is 60.7 Å². The van der Waals surface area contributed by atoms with Gasteiger partial charge in [0.1, 0.15) is 0 Å². The quantitative estimate of drug-likeness (QED) is 0.462. The van der Waals surface area contributed by atoms with Crippen molar-refractivity contribution >= 4 is 10.8 Å². The van der Waals surface area contributed by atoms with Crippen molar-refractivity contribution in [3.63, 3.8) is 0 Å². The van der Waals surface area contributed by atoms with Gasteiger partial charge in [0.2, 0.25) is 0 Å². The number of hydrogen-bond donors (Lipinski definition) is 0. The summed E-state index contributed by atoms with van der Waals surface area (Å²) in [7, 11) is 0. The summed E-state index contributed by atoms with van der Waals surface area (Å²) in [6.45, 7) is 2.15. The maximum absolute atomic E-state index is 2.26. The van der Waals surface area contributed by atoms with Gasteiger partial charge >= 0.3 is 26.2 Å². The molecular weight excluding hydrogens is 354 g/mol. The van der Waals surface area contributed by atoms with Crippen LogP contribution >= 0.6 is 0 Å². The van der Waals surface area contributed by atoms with Crippen molar-refractivity contribution in [2.45, 2.75) is 6.92 Å². The van der Waals surface area contributed by atoms with Crippen LogP contribution in [0, 0.1) is 6.92 Å². The Morgan fingerprint density at radius 2 is 1.53 bits per heavy atom. The van der Waals surface area contributed by atoms with Crippen LogP contribution in [0.5, 0.6) is 0 Å². The van der Waals surface area contributed by atoms with Crippen LogP contribution in [0.2, 0.25) is 0 Å². The van der Waals surface area contributed by atoms with Crippen molar-refractivity contribution in [1.29, 1.82) is 0 Å². The molecule has 0 unspecified atom stereocenters. The zero-order valence-corrected chi connectivity index (χ0v) is 14.5. The monoisotopic (exact) mass is 365 g/mol. The molecule has 0 radical (unpaired) electrons. The van der Waals surface area contributed by atoms with Crippen LogP contribution in [0.1, 0.15) is 5.56 Å². The summed E-state index contributed by atoms with van der Waals surface area (Å²) in [4.78, 5) is 0. The van der Waals surface area contributed by atoms with E-state index in [2.05, 4.69) is 67.6 Å². The van der Waals surface area contributed by atoms with Gasteiger partial charge in [0.25, 0.3) is 0 Å². The van der Waals surface area contributed by atoms with Crippen LogP contribution < -0.4 is 24.8 Å². The third kappa shape index (κ3) is 3.75. The average Bonchev–Trinajstić information content (AvgIpc) is 2.70. The third-order valence-electron chi connectivity index (χ3n) is 2.98. The molecule has 0 aliphatic rings. The number of halogens is 2. The Morgan fingerprint density at radius 1 is 0.842 bits per heavy atom. The van der Waals surface area contributed by atoms with E-state index in [1.165, 1.54) is 27.5 Å². The molecule has 0 fully saturated rings. The molecule has 0 bridgehead atoms. The second-order valence-corrected chi connectivity index (χ2v) is 4.21. The Labute approximate surface area is 145 Å². The molecule has 0 atom stereocenters. The Bertz CT molecular complexity index is 630. The summed E-state index contributed by atoms with van der Waals surface area (Å²) >= 11 is 0. The molecular formula is C16H13Cl2Zr+. The molecule has 3 aromatic rings. The van der Waals surface area contributed by atoms with Gasteiger partial charge < -0.3 is 24.8 Å². The molecule has 0 N–H and O–H groups in total. The van der Waals surface area contributed by atoms with E-state index in [1.54, 1.807) is 0 Å². The molecule has 0 aliphatic heterocycles. The number of rotatable bonds is 1. The molecule has 19 heavy (non-hydrogen) atoms. The maximum Gasteiger partial charge on any atom is 4.00 e. The Balaban J connectivity index is 0.00000108. The van der Waals surface area contributed by atoms with Gasteiger partial charge in [0.05, 0.1) is 0 Å². The summed E-state index contributed by atoms with van der Waals surface area (Å²) in [5, 5.41) is 2.69. The molecule has 3 heteroatoms. The van der Waals surface area contributed by atoms with Crippen molar-refractivity contribution in [2.24, 2.45) is 0 Å². The van der Waals surface area contributed by atoms with E-state index >= 15 is 0 Å². The molecule has 94 valence electrons. The predicted molar refractivity (Wildman–Crippen MR) is 69.7 cm³/mol. The molecule has 0 aromatic heterocycles. The van der Waals surface area contributed by atoms with Crippen molar-refractivity contribution in [2.75, 3.05) is 0 Å². The van der Waals surface area contributed by atoms with E-state index in [4.69, 9.17) is 0 Å². The van der Waals surface area contributed by atoms with Gasteiger partial charge in [0, 0.05) is 0 Å². The summed E-state index contributed by atoms with van der Waals surface area (Å²) in [5.74, 6) is 0. The zero-order valence-electron chi connectivity index (χ0n) is 10.5. The summed E-state index contributed by atoms with van der Waals surface area (Å²) in [5.41, 5.74) is 3.95. The normalized spacial score (nSPS) is 9.11. The summed E-state index contributed by atoms with van der Waals surface area (Å²) < 4.78 is 0. The average molecular weight is 367 g/mol. The molecule has 0 nitrogen and oxygen atoms in total. The first kappa shape index (κ1) is 18.5. The smallest absolute Gasteiger partial charge is 1.00 e. The van der Waals surface area contributed by atoms with Gasteiger partial charge in [0.15, 0.2) is 0 Å². The number of hydrogen-bond acceptors (Lipinski definition) is 0. The first-order valence-electron chi connectivity index (χ1n) is 5.56. The van der Waals surface area contributed by atoms with E-state index in [1.807, 2.05) is 0 Å². The van der Waals surface area contributed by atoms with Crippen molar-refractivity contribution < 1.29 is 51.0 Å². The van der Waals surface area contributed by atoms with Crippen LogP contribution in [-0.2, 0) is 26.2 Å². The largest absolute Gasteiger partial charge is 4.00 e. The minimum atomic E-state index is 0. The SMILES string of the molecule is Cc1cc2c(-c3ccccc3)cccc2[cH-]1.[Cl-].[Cl-].[Zr+4]. The fourth-order valence-corrected chi connectivity index (χ4v) is 2.25. The molecule has 0 saturated carbocycles. The standard InChI is InChI=1S/C16H13.2ClH.Zr/c1-12-10-14-8-5-9-15(16(14)11-12)13-6-3-2-4-7-13;;;/h2-11H,1H3;2*1H;/q-1;;;+4/p-2. The fraction of sp³-hybridized carbons (Fsp3) is 0.0625. The van der Waals surface area contributed by atoms with Crippen LogP contribution in [0.25, 0.3) is 21.9 Å². The first-order chi connectivity index (χ1) is 7.84. The molecule has 0 saturated heterocycles. The second kappa shape index (κ2) is 7.95. The maximum atomic E-state index is 2.26. The van der Waals surface area contributed by atoms with Gasteiger partial charge in [-0.05, 0) is 5.56 Å². The van der Waals surface area contributed by atoms with Crippen molar-refractivity contribution in [3.8, 4) is 11.1 Å². The minimum Gasteiger partial charge on any atom is -1.00 e. The number of fused-ring (bicyclic) bond motifs is 1. The van der Waals surface area contributed by atoms with E-state index in [0.717, 1.165) is 0 Å². The topological polar surface area (TPSA) is 0 Å². The number of benzene rings is 2. The Hall–Kier alpha value is -0.487. The van der Waals surface area contributed by atoms with Crippen LogP contribution in [0.4, 0.5) is 0 Å². The third-order valence-corrected chi connectivity index (χ3v) is 2.98. The van der Waals surface area contributed by atoms with E-state index in [0.29, 0.717) is 0 Å². The molecule has 0 aliphatic carbocycles. The molecule has 3 rings (SSSR count). The van der Waals surface area contributed by atoms with Gasteiger partial charge in [-0.1, -0.05) is 48.9 Å². The summed E-state index contributed by atoms with van der Waals surface area (Å²) in [6, 6.07) is 21.6. The van der Waals surface area contributed by atoms with Crippen molar-refractivity contribution in [3.05, 3.63) is 66.2 Å².